The summed E-state index contributed by atoms with van der Waals surface area (Å²) in [5, 5.41) is 8.08. The molecular formula is C16H19F2N5O. The minimum Gasteiger partial charge on any atom is -0.317 e. The number of hydrogen-bond acceptors (Lipinski definition) is 4. The van der Waals surface area contributed by atoms with Crippen LogP contribution in [0.4, 0.5) is 14.5 Å². The Kier molecular flexibility index (Phi) is 4.31. The third-order valence-electron chi connectivity index (χ3n) is 4.49. The van der Waals surface area contributed by atoms with Crippen LogP contribution < -0.4 is 4.90 Å². The fourth-order valence-electron chi connectivity index (χ4n) is 2.96. The van der Waals surface area contributed by atoms with Crippen LogP contribution in [0.3, 0.4) is 0 Å². The maximum atomic E-state index is 13.9. The summed E-state index contributed by atoms with van der Waals surface area (Å²) in [6.07, 6.45) is 0.500. The molecule has 0 bridgehead atoms. The van der Waals surface area contributed by atoms with Crippen molar-refractivity contribution in [2.75, 3.05) is 18.5 Å². The molecule has 8 heteroatoms. The Balaban J connectivity index is 1.77. The van der Waals surface area contributed by atoms with E-state index in [-0.39, 0.29) is 18.1 Å². The quantitative estimate of drug-likeness (QED) is 0.852. The summed E-state index contributed by atoms with van der Waals surface area (Å²) < 4.78 is 29.7. The van der Waals surface area contributed by atoms with Crippen LogP contribution in [0.2, 0.25) is 0 Å². The van der Waals surface area contributed by atoms with E-state index in [1.165, 1.54) is 11.0 Å². The summed E-state index contributed by atoms with van der Waals surface area (Å²) in [4.78, 5) is 15.7. The van der Waals surface area contributed by atoms with Gasteiger partial charge in [-0.25, -0.2) is 8.78 Å². The zero-order valence-corrected chi connectivity index (χ0v) is 13.8. The molecule has 3 rings (SSSR count). The highest BCUT2D eigenvalue weighted by Gasteiger charge is 2.37. The molecule has 2 heterocycles. The van der Waals surface area contributed by atoms with Crippen LogP contribution in [0, 0.1) is 18.6 Å². The lowest BCUT2D eigenvalue weighted by molar-refractivity contribution is -0.121. The van der Waals surface area contributed by atoms with Crippen molar-refractivity contribution in [1.29, 1.82) is 0 Å². The van der Waals surface area contributed by atoms with Crippen molar-refractivity contribution in [1.82, 2.24) is 19.7 Å². The van der Waals surface area contributed by atoms with Gasteiger partial charge in [0.2, 0.25) is 5.91 Å². The van der Waals surface area contributed by atoms with Gasteiger partial charge in [0.15, 0.2) is 0 Å². The maximum Gasteiger partial charge on any atom is 0.244 e. The molecule has 0 unspecified atom stereocenters. The summed E-state index contributed by atoms with van der Waals surface area (Å²) >= 11 is 0. The lowest BCUT2D eigenvalue weighted by Crippen LogP contribution is -2.40. The summed E-state index contributed by atoms with van der Waals surface area (Å²) in [6.45, 7) is 2.56. The van der Waals surface area contributed by atoms with Gasteiger partial charge in [-0.2, -0.15) is 0 Å². The normalized spacial score (nSPS) is 18.0. The Morgan fingerprint density at radius 3 is 2.54 bits per heavy atom. The molecule has 0 saturated carbocycles. The molecule has 24 heavy (non-hydrogen) atoms. The van der Waals surface area contributed by atoms with E-state index in [9.17, 15) is 13.6 Å². The van der Waals surface area contributed by atoms with Gasteiger partial charge in [0.05, 0.1) is 12.6 Å². The number of likely N-dealkylation sites (N-methyl/N-ethyl adjacent to an activating group) is 1. The average Bonchev–Trinajstić information content (AvgIpc) is 3.05. The number of halogens is 2. The number of para-hydroxylation sites is 1. The average molecular weight is 335 g/mol. The monoisotopic (exact) mass is 335 g/mol. The van der Waals surface area contributed by atoms with Gasteiger partial charge < -0.3 is 9.47 Å². The molecule has 0 N–H and O–H groups in total. The molecule has 1 aromatic carbocycles. The predicted molar refractivity (Wildman–Crippen MR) is 84.3 cm³/mol. The molecule has 0 aliphatic carbocycles. The van der Waals surface area contributed by atoms with E-state index in [4.69, 9.17) is 0 Å². The second kappa shape index (κ2) is 6.27. The molecule has 1 aromatic heterocycles. The van der Waals surface area contributed by atoms with Crippen LogP contribution in [0.15, 0.2) is 18.2 Å². The third-order valence-corrected chi connectivity index (χ3v) is 4.49. The minimum absolute atomic E-state index is 0.270. The van der Waals surface area contributed by atoms with Crippen molar-refractivity contribution in [3.63, 3.8) is 0 Å². The molecule has 1 aliphatic rings. The van der Waals surface area contributed by atoms with Crippen LogP contribution in [-0.2, 0) is 18.4 Å². The predicted octanol–water partition coefficient (Wildman–Crippen LogP) is 1.64. The number of carbonyl (C=O) groups is 1. The van der Waals surface area contributed by atoms with Crippen LogP contribution in [0.1, 0.15) is 18.1 Å². The van der Waals surface area contributed by atoms with Crippen molar-refractivity contribution in [3.05, 3.63) is 41.5 Å². The first kappa shape index (κ1) is 16.5. The van der Waals surface area contributed by atoms with E-state index in [0.29, 0.717) is 13.0 Å². The Labute approximate surface area is 138 Å². The Morgan fingerprint density at radius 1 is 1.29 bits per heavy atom. The van der Waals surface area contributed by atoms with Gasteiger partial charge in [-0.05, 0) is 32.5 Å². The lowest BCUT2D eigenvalue weighted by Gasteiger charge is -2.23. The van der Waals surface area contributed by atoms with Crippen molar-refractivity contribution in [2.24, 2.45) is 7.05 Å². The highest BCUT2D eigenvalue weighted by molar-refractivity contribution is 5.99. The van der Waals surface area contributed by atoms with E-state index in [1.54, 1.807) is 7.05 Å². The van der Waals surface area contributed by atoms with Gasteiger partial charge in [0.1, 0.15) is 29.0 Å². The van der Waals surface area contributed by atoms with Crippen LogP contribution in [0.25, 0.3) is 0 Å². The number of hydrogen-bond donors (Lipinski definition) is 0. The Bertz CT molecular complexity index is 756. The van der Waals surface area contributed by atoms with Crippen molar-refractivity contribution in [2.45, 2.75) is 25.9 Å². The molecule has 1 fully saturated rings. The van der Waals surface area contributed by atoms with E-state index in [2.05, 4.69) is 10.2 Å². The number of aromatic nitrogens is 3. The van der Waals surface area contributed by atoms with Gasteiger partial charge in [-0.15, -0.1) is 10.2 Å². The molecule has 0 radical (unpaired) electrons. The van der Waals surface area contributed by atoms with E-state index in [1.807, 2.05) is 23.4 Å². The summed E-state index contributed by atoms with van der Waals surface area (Å²) in [7, 11) is 3.66. The molecule has 6 nitrogen and oxygen atoms in total. The summed E-state index contributed by atoms with van der Waals surface area (Å²) in [6, 6.07) is 3.16. The molecule has 1 amide bonds. The molecule has 1 aliphatic heterocycles. The standard InChI is InChI=1S/C16H19F2N5O/c1-10-19-20-14(22(10)3)9-21(2)13-7-8-23(16(13)24)15-11(17)5-4-6-12(15)18/h4-6,13H,7-9H2,1-3H3/t13-/m0/s1. The first-order valence-electron chi connectivity index (χ1n) is 7.70. The fourth-order valence-corrected chi connectivity index (χ4v) is 2.96. The number of anilines is 1. The van der Waals surface area contributed by atoms with Gasteiger partial charge >= 0.3 is 0 Å². The molecular weight excluding hydrogens is 316 g/mol. The first-order valence-corrected chi connectivity index (χ1v) is 7.70. The molecule has 0 spiro atoms. The number of carbonyl (C=O) groups excluding carboxylic acids is 1. The van der Waals surface area contributed by atoms with Gasteiger partial charge in [-0.1, -0.05) is 6.07 Å². The molecule has 1 saturated heterocycles. The highest BCUT2D eigenvalue weighted by atomic mass is 19.1. The summed E-state index contributed by atoms with van der Waals surface area (Å²) in [5.74, 6) is -0.240. The number of rotatable bonds is 4. The largest absolute Gasteiger partial charge is 0.317 e. The first-order chi connectivity index (χ1) is 11.4. The number of amides is 1. The van der Waals surface area contributed by atoms with Gasteiger partial charge in [0, 0.05) is 13.6 Å². The fraction of sp³-hybridized carbons (Fsp3) is 0.438. The lowest BCUT2D eigenvalue weighted by atomic mass is 10.2. The van der Waals surface area contributed by atoms with Crippen molar-refractivity contribution in [3.8, 4) is 0 Å². The molecule has 128 valence electrons. The molecule has 1 atom stereocenters. The van der Waals surface area contributed by atoms with Crippen molar-refractivity contribution < 1.29 is 13.6 Å². The Morgan fingerprint density at radius 2 is 1.96 bits per heavy atom. The van der Waals surface area contributed by atoms with E-state index >= 15 is 0 Å². The van der Waals surface area contributed by atoms with Gasteiger partial charge in [0.25, 0.3) is 0 Å². The topological polar surface area (TPSA) is 54.3 Å². The zero-order valence-electron chi connectivity index (χ0n) is 13.8. The number of nitrogens with zero attached hydrogens (tertiary/aromatic N) is 5. The number of benzene rings is 1. The third kappa shape index (κ3) is 2.77. The van der Waals surface area contributed by atoms with Crippen LogP contribution >= 0.6 is 0 Å². The Hall–Kier alpha value is -2.35. The second-order valence-corrected chi connectivity index (χ2v) is 6.00. The zero-order chi connectivity index (χ0) is 17.4. The maximum absolute atomic E-state index is 13.9. The number of aryl methyl sites for hydroxylation is 1. The second-order valence-electron chi connectivity index (χ2n) is 6.00. The van der Waals surface area contributed by atoms with Gasteiger partial charge in [-0.3, -0.25) is 9.69 Å². The van der Waals surface area contributed by atoms with E-state index in [0.717, 1.165) is 23.8 Å². The summed E-state index contributed by atoms with van der Waals surface area (Å²) in [5.41, 5.74) is -0.270. The SMILES string of the molecule is Cc1nnc(CN(C)[C@H]2CCN(c3c(F)cccc3F)C2=O)n1C. The smallest absolute Gasteiger partial charge is 0.244 e. The van der Waals surface area contributed by atoms with Crippen molar-refractivity contribution >= 4 is 11.6 Å². The van der Waals surface area contributed by atoms with E-state index < -0.39 is 17.7 Å². The molecule has 2 aromatic rings. The van der Waals surface area contributed by atoms with Crippen LogP contribution in [-0.4, -0.2) is 45.2 Å². The highest BCUT2D eigenvalue weighted by Crippen LogP contribution is 2.29. The van der Waals surface area contributed by atoms with Crippen LogP contribution in [0.5, 0.6) is 0 Å². The minimum atomic E-state index is -0.726.